The first-order chi connectivity index (χ1) is 15.0. The molecule has 4 rings (SSSR count). The number of rotatable bonds is 6. The summed E-state index contributed by atoms with van der Waals surface area (Å²) in [5, 5.41) is 3.16. The van der Waals surface area contributed by atoms with E-state index in [9.17, 15) is 14.4 Å². The summed E-state index contributed by atoms with van der Waals surface area (Å²) in [6.45, 7) is 2.64. The molecule has 2 heterocycles. The lowest BCUT2D eigenvalue weighted by molar-refractivity contribution is 0.103. The van der Waals surface area contributed by atoms with E-state index in [0.29, 0.717) is 27.4 Å². The van der Waals surface area contributed by atoms with Crippen molar-refractivity contribution in [3.63, 3.8) is 0 Å². The first-order valence-electron chi connectivity index (χ1n) is 9.79. The van der Waals surface area contributed by atoms with Gasteiger partial charge >= 0.3 is 5.69 Å². The number of nitrogens with zero attached hydrogens (tertiary/aromatic N) is 2. The Morgan fingerprint density at radius 3 is 2.45 bits per heavy atom. The molecule has 0 atom stereocenters. The number of ether oxygens (including phenoxy) is 1. The normalized spacial score (nSPS) is 10.9. The molecule has 0 fully saturated rings. The highest BCUT2D eigenvalue weighted by molar-refractivity contribution is 7.20. The summed E-state index contributed by atoms with van der Waals surface area (Å²) in [5.41, 5.74) is 0.644. The minimum absolute atomic E-state index is 0.172. The van der Waals surface area contributed by atoms with Gasteiger partial charge in [0.25, 0.3) is 11.5 Å². The molecule has 0 aliphatic carbocycles. The Morgan fingerprint density at radius 2 is 1.77 bits per heavy atom. The molecular formula is C23H21N3O4S. The molecule has 0 aliphatic heterocycles. The molecule has 8 heteroatoms. The second-order valence-corrected chi connectivity index (χ2v) is 7.99. The van der Waals surface area contributed by atoms with Gasteiger partial charge in [0.15, 0.2) is 0 Å². The summed E-state index contributed by atoms with van der Waals surface area (Å²) in [7, 11) is 1.61. The fraction of sp³-hybridized carbons (Fsp3) is 0.174. The predicted octanol–water partition coefficient (Wildman–Crippen LogP) is 3.46. The Balaban J connectivity index is 1.66. The standard InChI is InChI=1S/C23H21N3O4S/c1-3-30-17-11-9-16(10-12-17)24-20(27)19-13-18-21(28)26(14-15-7-5-4-6-8-15)23(29)25(2)22(18)31-19/h4-13H,3,14H2,1-2H3,(H,24,27). The molecule has 4 aromatic rings. The van der Waals surface area contributed by atoms with Gasteiger partial charge in [0.2, 0.25) is 0 Å². The highest BCUT2D eigenvalue weighted by Crippen LogP contribution is 2.23. The van der Waals surface area contributed by atoms with Crippen molar-refractivity contribution in [1.82, 2.24) is 9.13 Å². The summed E-state index contributed by atoms with van der Waals surface area (Å²) in [4.78, 5) is 39.4. The number of carbonyl (C=O) groups is 1. The zero-order valence-electron chi connectivity index (χ0n) is 17.1. The van der Waals surface area contributed by atoms with Crippen LogP contribution in [0.3, 0.4) is 0 Å². The number of hydrogen-bond acceptors (Lipinski definition) is 5. The molecule has 1 amide bonds. The van der Waals surface area contributed by atoms with E-state index in [4.69, 9.17) is 4.74 Å². The summed E-state index contributed by atoms with van der Waals surface area (Å²) in [6, 6.07) is 17.9. The second kappa shape index (κ2) is 8.61. The van der Waals surface area contributed by atoms with Gasteiger partial charge in [-0.05, 0) is 42.8 Å². The van der Waals surface area contributed by atoms with Crippen LogP contribution in [0.2, 0.25) is 0 Å². The third-order valence-electron chi connectivity index (χ3n) is 4.84. The fourth-order valence-corrected chi connectivity index (χ4v) is 4.30. The van der Waals surface area contributed by atoms with E-state index in [1.807, 2.05) is 37.3 Å². The number of aromatic nitrogens is 2. The zero-order valence-corrected chi connectivity index (χ0v) is 17.9. The Hall–Kier alpha value is -3.65. The number of carbonyl (C=O) groups excluding carboxylic acids is 1. The monoisotopic (exact) mass is 435 g/mol. The van der Waals surface area contributed by atoms with Crippen molar-refractivity contribution < 1.29 is 9.53 Å². The first kappa shape index (κ1) is 20.6. The molecule has 0 radical (unpaired) electrons. The third-order valence-corrected chi connectivity index (χ3v) is 6.05. The Labute approximate surface area is 182 Å². The van der Waals surface area contributed by atoms with E-state index >= 15 is 0 Å². The summed E-state index contributed by atoms with van der Waals surface area (Å²) in [6.07, 6.45) is 0. The smallest absolute Gasteiger partial charge is 0.332 e. The van der Waals surface area contributed by atoms with E-state index in [-0.39, 0.29) is 12.5 Å². The van der Waals surface area contributed by atoms with Gasteiger partial charge in [-0.15, -0.1) is 11.3 Å². The number of amides is 1. The van der Waals surface area contributed by atoms with E-state index in [0.717, 1.165) is 22.6 Å². The van der Waals surface area contributed by atoms with Crippen LogP contribution in [-0.4, -0.2) is 21.6 Å². The van der Waals surface area contributed by atoms with Crippen LogP contribution in [0.15, 0.2) is 70.3 Å². The van der Waals surface area contributed by atoms with Gasteiger partial charge < -0.3 is 10.1 Å². The van der Waals surface area contributed by atoms with Crippen molar-refractivity contribution >= 4 is 33.1 Å². The molecule has 0 aliphatic rings. The largest absolute Gasteiger partial charge is 0.494 e. The van der Waals surface area contributed by atoms with Gasteiger partial charge in [0.05, 0.1) is 23.4 Å². The number of hydrogen-bond donors (Lipinski definition) is 1. The number of nitrogens with one attached hydrogen (secondary N) is 1. The number of anilines is 1. The molecule has 0 saturated carbocycles. The van der Waals surface area contributed by atoms with Gasteiger partial charge in [-0.25, -0.2) is 4.79 Å². The third kappa shape index (κ3) is 4.15. The SMILES string of the molecule is CCOc1ccc(NC(=O)c2cc3c(=O)n(Cc4ccccc4)c(=O)n(C)c3s2)cc1. The highest BCUT2D eigenvalue weighted by Gasteiger charge is 2.18. The average molecular weight is 436 g/mol. The van der Waals surface area contributed by atoms with Crippen LogP contribution in [0, 0.1) is 0 Å². The molecule has 2 aromatic carbocycles. The quantitative estimate of drug-likeness (QED) is 0.503. The van der Waals surface area contributed by atoms with Crippen LogP contribution in [0.4, 0.5) is 5.69 Å². The van der Waals surface area contributed by atoms with Crippen molar-refractivity contribution in [1.29, 1.82) is 0 Å². The molecule has 2 aromatic heterocycles. The second-order valence-electron chi connectivity index (χ2n) is 6.96. The van der Waals surface area contributed by atoms with Crippen molar-refractivity contribution in [2.75, 3.05) is 11.9 Å². The van der Waals surface area contributed by atoms with Crippen LogP contribution in [0.1, 0.15) is 22.2 Å². The maximum Gasteiger partial charge on any atom is 0.332 e. The van der Waals surface area contributed by atoms with Gasteiger partial charge in [-0.3, -0.25) is 18.7 Å². The topological polar surface area (TPSA) is 82.3 Å². The van der Waals surface area contributed by atoms with Gasteiger partial charge in [-0.1, -0.05) is 30.3 Å². The Bertz CT molecular complexity index is 1350. The zero-order chi connectivity index (χ0) is 22.0. The lowest BCUT2D eigenvalue weighted by Gasteiger charge is -2.08. The van der Waals surface area contributed by atoms with Crippen LogP contribution in [0.25, 0.3) is 10.2 Å². The van der Waals surface area contributed by atoms with Crippen LogP contribution in [-0.2, 0) is 13.6 Å². The lowest BCUT2D eigenvalue weighted by atomic mass is 10.2. The summed E-state index contributed by atoms with van der Waals surface area (Å²) in [5.74, 6) is 0.378. The molecule has 31 heavy (non-hydrogen) atoms. The molecule has 158 valence electrons. The van der Waals surface area contributed by atoms with E-state index < -0.39 is 11.2 Å². The molecule has 0 saturated heterocycles. The number of benzene rings is 2. The summed E-state index contributed by atoms with van der Waals surface area (Å²) < 4.78 is 8.01. The summed E-state index contributed by atoms with van der Waals surface area (Å²) >= 11 is 1.12. The van der Waals surface area contributed by atoms with Crippen LogP contribution < -0.4 is 21.3 Å². The molecule has 0 unspecified atom stereocenters. The van der Waals surface area contributed by atoms with E-state index in [1.54, 1.807) is 37.4 Å². The molecule has 1 N–H and O–H groups in total. The van der Waals surface area contributed by atoms with Crippen LogP contribution >= 0.6 is 11.3 Å². The predicted molar refractivity (Wildman–Crippen MR) is 122 cm³/mol. The van der Waals surface area contributed by atoms with Gasteiger partial charge in [0, 0.05) is 12.7 Å². The lowest BCUT2D eigenvalue weighted by Crippen LogP contribution is -2.38. The minimum Gasteiger partial charge on any atom is -0.494 e. The van der Waals surface area contributed by atoms with Gasteiger partial charge in [0.1, 0.15) is 10.6 Å². The maximum absolute atomic E-state index is 13.0. The fourth-order valence-electron chi connectivity index (χ4n) is 3.30. The van der Waals surface area contributed by atoms with Crippen molar-refractivity contribution in [3.05, 3.63) is 91.9 Å². The highest BCUT2D eigenvalue weighted by atomic mass is 32.1. The molecule has 0 spiro atoms. The average Bonchev–Trinajstić information content (AvgIpc) is 3.24. The first-order valence-corrected chi connectivity index (χ1v) is 10.6. The van der Waals surface area contributed by atoms with E-state index in [2.05, 4.69) is 5.32 Å². The van der Waals surface area contributed by atoms with Crippen LogP contribution in [0.5, 0.6) is 5.75 Å². The molecular weight excluding hydrogens is 414 g/mol. The van der Waals surface area contributed by atoms with Crippen molar-refractivity contribution in [3.8, 4) is 5.75 Å². The van der Waals surface area contributed by atoms with Crippen molar-refractivity contribution in [2.24, 2.45) is 7.05 Å². The van der Waals surface area contributed by atoms with Crippen molar-refractivity contribution in [2.45, 2.75) is 13.5 Å². The molecule has 7 nitrogen and oxygen atoms in total. The Morgan fingerprint density at radius 1 is 1.06 bits per heavy atom. The number of aryl methyl sites for hydroxylation is 1. The molecule has 0 bridgehead atoms. The van der Waals surface area contributed by atoms with E-state index in [1.165, 1.54) is 9.13 Å². The number of fused-ring (bicyclic) bond motifs is 1. The van der Waals surface area contributed by atoms with Gasteiger partial charge in [-0.2, -0.15) is 0 Å². The maximum atomic E-state index is 13.0. The minimum atomic E-state index is -0.415. The Kier molecular flexibility index (Phi) is 5.73. The number of thiophene rings is 1.